The van der Waals surface area contributed by atoms with E-state index in [2.05, 4.69) is 37.9 Å². The number of nitriles is 1. The van der Waals surface area contributed by atoms with Gasteiger partial charge < -0.3 is 0 Å². The summed E-state index contributed by atoms with van der Waals surface area (Å²) in [5.41, 5.74) is 2.70. The Bertz CT molecular complexity index is 816. The van der Waals surface area contributed by atoms with Crippen LogP contribution in [-0.2, 0) is 5.41 Å². The number of nitrogens with zero attached hydrogens (tertiary/aromatic N) is 2. The lowest BCUT2D eigenvalue weighted by Gasteiger charge is -2.26. The maximum absolute atomic E-state index is 10.9. The molecule has 0 saturated carbocycles. The SMILES string of the molecule is CCCCCCCCCCCC(C)(C)c1ccc(-c2ncc(C=O)s2)cc1C#N. The molecule has 1 heterocycles. The van der Waals surface area contributed by atoms with Crippen LogP contribution in [-0.4, -0.2) is 11.3 Å². The quantitative estimate of drug-likeness (QED) is 0.251. The Hall–Kier alpha value is -1.99. The van der Waals surface area contributed by atoms with Crippen LogP contribution >= 0.6 is 11.3 Å². The van der Waals surface area contributed by atoms with E-state index in [0.29, 0.717) is 10.4 Å². The first kappa shape index (κ1) is 23.3. The molecule has 2 aromatic rings. The van der Waals surface area contributed by atoms with Gasteiger partial charge in [0.2, 0.25) is 0 Å². The Morgan fingerprint density at radius 2 is 1.72 bits per heavy atom. The fourth-order valence-electron chi connectivity index (χ4n) is 3.85. The Morgan fingerprint density at radius 1 is 1.07 bits per heavy atom. The summed E-state index contributed by atoms with van der Waals surface area (Å²) in [7, 11) is 0. The molecule has 0 amide bonds. The van der Waals surface area contributed by atoms with Gasteiger partial charge in [-0.3, -0.25) is 4.79 Å². The average molecular weight is 411 g/mol. The maximum Gasteiger partial charge on any atom is 0.161 e. The highest BCUT2D eigenvalue weighted by atomic mass is 32.1. The normalized spacial score (nSPS) is 11.4. The lowest BCUT2D eigenvalue weighted by atomic mass is 9.77. The minimum absolute atomic E-state index is 0.0262. The van der Waals surface area contributed by atoms with Crippen molar-refractivity contribution in [3.63, 3.8) is 0 Å². The van der Waals surface area contributed by atoms with Crippen LogP contribution in [0.1, 0.15) is 106 Å². The van der Waals surface area contributed by atoms with Gasteiger partial charge in [0.1, 0.15) is 5.01 Å². The highest BCUT2D eigenvalue weighted by Gasteiger charge is 2.24. The number of carbonyl (C=O) groups is 1. The van der Waals surface area contributed by atoms with E-state index in [1.165, 1.54) is 69.1 Å². The molecule has 0 bridgehead atoms. The molecule has 156 valence electrons. The molecule has 0 aliphatic carbocycles. The van der Waals surface area contributed by atoms with Gasteiger partial charge in [-0.2, -0.15) is 5.26 Å². The van der Waals surface area contributed by atoms with E-state index in [-0.39, 0.29) is 5.41 Å². The average Bonchev–Trinajstić information content (AvgIpc) is 3.21. The summed E-state index contributed by atoms with van der Waals surface area (Å²) in [6, 6.07) is 8.39. The van der Waals surface area contributed by atoms with Crippen molar-refractivity contribution in [3.05, 3.63) is 40.4 Å². The van der Waals surface area contributed by atoms with E-state index < -0.39 is 0 Å². The first-order valence-electron chi connectivity index (χ1n) is 11.0. The third-order valence-corrected chi connectivity index (χ3v) is 6.63. The Balaban J connectivity index is 1.90. The van der Waals surface area contributed by atoms with E-state index in [4.69, 9.17) is 0 Å². The van der Waals surface area contributed by atoms with Crippen molar-refractivity contribution in [1.82, 2.24) is 4.98 Å². The van der Waals surface area contributed by atoms with Crippen LogP contribution in [0.4, 0.5) is 0 Å². The van der Waals surface area contributed by atoms with Crippen LogP contribution in [0.5, 0.6) is 0 Å². The second-order valence-corrected chi connectivity index (χ2v) is 9.58. The number of aldehydes is 1. The molecule has 0 saturated heterocycles. The van der Waals surface area contributed by atoms with Crippen LogP contribution in [0.2, 0.25) is 0 Å². The molecule has 0 spiro atoms. The molecule has 0 unspecified atom stereocenters. The summed E-state index contributed by atoms with van der Waals surface area (Å²) in [4.78, 5) is 15.8. The van der Waals surface area contributed by atoms with Crippen LogP contribution in [0, 0.1) is 11.3 Å². The topological polar surface area (TPSA) is 53.8 Å². The number of rotatable bonds is 13. The third kappa shape index (κ3) is 7.08. The number of carbonyl (C=O) groups excluding carboxylic acids is 1. The van der Waals surface area contributed by atoms with E-state index in [1.54, 1.807) is 6.20 Å². The molecule has 0 N–H and O–H groups in total. The predicted molar refractivity (Wildman–Crippen MR) is 123 cm³/mol. The Labute approximate surface area is 180 Å². The summed E-state index contributed by atoms with van der Waals surface area (Å²) < 4.78 is 0. The highest BCUT2D eigenvalue weighted by Crippen LogP contribution is 2.34. The zero-order valence-corrected chi connectivity index (χ0v) is 19.0. The summed E-state index contributed by atoms with van der Waals surface area (Å²) in [5.74, 6) is 0. The molecule has 0 atom stereocenters. The molecule has 1 aromatic heterocycles. The number of aromatic nitrogens is 1. The number of thiazole rings is 1. The molecule has 0 aliphatic rings. The van der Waals surface area contributed by atoms with Crippen molar-refractivity contribution in [2.45, 2.75) is 90.4 Å². The van der Waals surface area contributed by atoms with Gasteiger partial charge in [-0.1, -0.05) is 90.7 Å². The number of benzene rings is 1. The molecule has 3 nitrogen and oxygen atoms in total. The Morgan fingerprint density at radius 3 is 2.31 bits per heavy atom. The summed E-state index contributed by atoms with van der Waals surface area (Å²) in [6.45, 7) is 6.73. The number of hydrogen-bond donors (Lipinski definition) is 0. The first-order chi connectivity index (χ1) is 14.0. The van der Waals surface area contributed by atoms with Gasteiger partial charge in [0.25, 0.3) is 0 Å². The molecule has 0 aliphatic heterocycles. The lowest BCUT2D eigenvalue weighted by molar-refractivity contribution is 0.112. The monoisotopic (exact) mass is 410 g/mol. The minimum atomic E-state index is -0.0262. The zero-order chi connectivity index (χ0) is 21.1. The smallest absolute Gasteiger partial charge is 0.161 e. The van der Waals surface area contributed by atoms with Gasteiger partial charge in [0, 0.05) is 11.8 Å². The van der Waals surface area contributed by atoms with E-state index in [9.17, 15) is 10.1 Å². The molecule has 4 heteroatoms. The van der Waals surface area contributed by atoms with Gasteiger partial charge in [-0.05, 0) is 23.5 Å². The second-order valence-electron chi connectivity index (χ2n) is 8.52. The van der Waals surface area contributed by atoms with E-state index in [0.717, 1.165) is 28.8 Å². The fraction of sp³-hybridized carbons (Fsp3) is 0.560. The minimum Gasteiger partial charge on any atom is -0.297 e. The molecular weight excluding hydrogens is 376 g/mol. The van der Waals surface area contributed by atoms with Gasteiger partial charge in [-0.25, -0.2) is 4.98 Å². The van der Waals surface area contributed by atoms with Crippen molar-refractivity contribution < 1.29 is 4.79 Å². The molecule has 1 aromatic carbocycles. The van der Waals surface area contributed by atoms with Gasteiger partial charge in [0.15, 0.2) is 6.29 Å². The molecule has 0 fully saturated rings. The third-order valence-electron chi connectivity index (χ3n) is 5.66. The first-order valence-corrected chi connectivity index (χ1v) is 11.8. The lowest BCUT2D eigenvalue weighted by Crippen LogP contribution is -2.18. The predicted octanol–water partition coefficient (Wildman–Crippen LogP) is 7.69. The number of unbranched alkanes of at least 4 members (excludes halogenated alkanes) is 8. The standard InChI is InChI=1S/C25H34N2OS/c1-4-5-6-7-8-9-10-11-12-15-25(2,3)23-14-13-20(16-21(23)17-26)24-27-18-22(19-28)29-24/h13-14,16,18-19H,4-12,15H2,1-3H3. The zero-order valence-electron chi connectivity index (χ0n) is 18.2. The van der Waals surface area contributed by atoms with E-state index in [1.807, 2.05) is 12.1 Å². The summed E-state index contributed by atoms with van der Waals surface area (Å²) in [6.07, 6.45) is 15.4. The molecule has 2 rings (SSSR count). The van der Waals surface area contributed by atoms with Crippen LogP contribution in [0.3, 0.4) is 0 Å². The van der Waals surface area contributed by atoms with Crippen LogP contribution < -0.4 is 0 Å². The molecule has 29 heavy (non-hydrogen) atoms. The number of hydrogen-bond acceptors (Lipinski definition) is 4. The fourth-order valence-corrected chi connectivity index (χ4v) is 4.57. The van der Waals surface area contributed by atoms with Crippen LogP contribution in [0.15, 0.2) is 24.4 Å². The maximum atomic E-state index is 10.9. The van der Waals surface area contributed by atoms with Crippen molar-refractivity contribution in [3.8, 4) is 16.6 Å². The largest absolute Gasteiger partial charge is 0.297 e. The molecular formula is C25H34N2OS. The van der Waals surface area contributed by atoms with Gasteiger partial charge in [-0.15, -0.1) is 11.3 Å². The van der Waals surface area contributed by atoms with Gasteiger partial charge >= 0.3 is 0 Å². The van der Waals surface area contributed by atoms with Crippen molar-refractivity contribution in [2.24, 2.45) is 0 Å². The van der Waals surface area contributed by atoms with Crippen LogP contribution in [0.25, 0.3) is 10.6 Å². The second kappa shape index (κ2) is 11.9. The van der Waals surface area contributed by atoms with E-state index >= 15 is 0 Å². The van der Waals surface area contributed by atoms with Crippen molar-refractivity contribution in [2.75, 3.05) is 0 Å². The molecule has 0 radical (unpaired) electrons. The van der Waals surface area contributed by atoms with Gasteiger partial charge in [0.05, 0.1) is 16.5 Å². The Kier molecular flexibility index (Phi) is 9.54. The van der Waals surface area contributed by atoms with Crippen molar-refractivity contribution >= 4 is 17.6 Å². The summed E-state index contributed by atoms with van der Waals surface area (Å²) in [5, 5.41) is 10.5. The van der Waals surface area contributed by atoms with Crippen molar-refractivity contribution in [1.29, 1.82) is 5.26 Å². The summed E-state index contributed by atoms with van der Waals surface area (Å²) >= 11 is 1.36. The highest BCUT2D eigenvalue weighted by molar-refractivity contribution is 7.16.